The van der Waals surface area contributed by atoms with Crippen molar-refractivity contribution in [1.82, 2.24) is 0 Å². The van der Waals surface area contributed by atoms with Crippen LogP contribution in [-0.2, 0) is 4.79 Å². The smallest absolute Gasteiger partial charge is 0.248 e. The fraction of sp³-hybridized carbons (Fsp3) is 0.188. The minimum Gasteiger partial charge on any atom is -0.495 e. The van der Waals surface area contributed by atoms with Crippen LogP contribution in [0.25, 0.3) is 6.08 Å². The lowest BCUT2D eigenvalue weighted by atomic mass is 10.2. The molecule has 0 saturated carbocycles. The molecule has 1 amide bonds. The third kappa shape index (κ3) is 3.51. The summed E-state index contributed by atoms with van der Waals surface area (Å²) in [6, 6.07) is 9.27. The molecule has 2 aromatic rings. The van der Waals surface area contributed by atoms with Gasteiger partial charge in [-0.05, 0) is 49.8 Å². The van der Waals surface area contributed by atoms with E-state index < -0.39 is 0 Å². The predicted octanol–water partition coefficient (Wildman–Crippen LogP) is 3.56. The molecule has 2 rings (SSSR count). The fourth-order valence-corrected chi connectivity index (χ4v) is 1.79. The van der Waals surface area contributed by atoms with Crippen LogP contribution in [0.15, 0.2) is 40.8 Å². The first-order valence-electron chi connectivity index (χ1n) is 6.28. The minimum absolute atomic E-state index is 0.233. The second-order valence-corrected chi connectivity index (χ2v) is 4.47. The number of methoxy groups -OCH3 is 1. The number of hydrogen-bond donors (Lipinski definition) is 1. The van der Waals surface area contributed by atoms with Crippen LogP contribution >= 0.6 is 0 Å². The highest BCUT2D eigenvalue weighted by Crippen LogP contribution is 2.25. The van der Waals surface area contributed by atoms with E-state index in [9.17, 15) is 4.79 Å². The molecule has 1 heterocycles. The third-order valence-corrected chi connectivity index (χ3v) is 2.77. The van der Waals surface area contributed by atoms with Crippen LogP contribution in [0.2, 0.25) is 0 Å². The molecule has 0 aliphatic heterocycles. The van der Waals surface area contributed by atoms with Crippen molar-refractivity contribution in [3.05, 3.63) is 53.5 Å². The summed E-state index contributed by atoms with van der Waals surface area (Å²) in [4.78, 5) is 11.9. The van der Waals surface area contributed by atoms with Gasteiger partial charge in [0.25, 0.3) is 0 Å². The molecule has 0 fully saturated rings. The van der Waals surface area contributed by atoms with Crippen molar-refractivity contribution in [3.63, 3.8) is 0 Å². The van der Waals surface area contributed by atoms with Gasteiger partial charge in [0, 0.05) is 6.08 Å². The Morgan fingerprint density at radius 3 is 2.70 bits per heavy atom. The molecule has 0 saturated heterocycles. The first kappa shape index (κ1) is 13.9. The van der Waals surface area contributed by atoms with Crippen molar-refractivity contribution in [2.45, 2.75) is 13.8 Å². The van der Waals surface area contributed by atoms with Gasteiger partial charge in [-0.25, -0.2) is 0 Å². The average molecular weight is 271 g/mol. The lowest BCUT2D eigenvalue weighted by Gasteiger charge is -2.09. The van der Waals surface area contributed by atoms with E-state index in [0.717, 1.165) is 11.3 Å². The van der Waals surface area contributed by atoms with E-state index in [0.29, 0.717) is 17.2 Å². The van der Waals surface area contributed by atoms with Gasteiger partial charge in [0.05, 0.1) is 12.8 Å². The van der Waals surface area contributed by atoms with Crippen LogP contribution < -0.4 is 10.1 Å². The van der Waals surface area contributed by atoms with Gasteiger partial charge in [-0.3, -0.25) is 4.79 Å². The average Bonchev–Trinajstić information content (AvgIpc) is 2.83. The molecule has 4 nitrogen and oxygen atoms in total. The molecule has 104 valence electrons. The van der Waals surface area contributed by atoms with Crippen LogP contribution in [0.3, 0.4) is 0 Å². The molecule has 4 heteroatoms. The van der Waals surface area contributed by atoms with Crippen molar-refractivity contribution in [3.8, 4) is 5.75 Å². The number of furan rings is 1. The number of hydrogen-bond acceptors (Lipinski definition) is 3. The molecular weight excluding hydrogens is 254 g/mol. The highest BCUT2D eigenvalue weighted by Gasteiger charge is 2.05. The SMILES string of the molecule is COc1ccc(C)cc1NC(=O)/C=C/c1ccc(C)o1. The number of rotatable bonds is 4. The summed E-state index contributed by atoms with van der Waals surface area (Å²) in [5.74, 6) is 1.86. The highest BCUT2D eigenvalue weighted by molar-refractivity contribution is 6.02. The summed E-state index contributed by atoms with van der Waals surface area (Å²) >= 11 is 0. The molecule has 0 aliphatic rings. The number of aryl methyl sites for hydroxylation is 2. The second kappa shape index (κ2) is 6.10. The van der Waals surface area contributed by atoms with Gasteiger partial charge in [0.15, 0.2) is 0 Å². The van der Waals surface area contributed by atoms with Crippen molar-refractivity contribution >= 4 is 17.7 Å². The fourth-order valence-electron chi connectivity index (χ4n) is 1.79. The van der Waals surface area contributed by atoms with Crippen molar-refractivity contribution < 1.29 is 13.9 Å². The molecule has 1 N–H and O–H groups in total. The molecule has 0 bridgehead atoms. The van der Waals surface area contributed by atoms with Crippen LogP contribution in [0.4, 0.5) is 5.69 Å². The highest BCUT2D eigenvalue weighted by atomic mass is 16.5. The van der Waals surface area contributed by atoms with E-state index in [4.69, 9.17) is 9.15 Å². The first-order chi connectivity index (χ1) is 9.58. The Labute approximate surface area is 118 Å². The normalized spacial score (nSPS) is 10.8. The van der Waals surface area contributed by atoms with Crippen LogP contribution in [0, 0.1) is 13.8 Å². The summed E-state index contributed by atoms with van der Waals surface area (Å²) in [6.07, 6.45) is 3.06. The molecule has 0 aliphatic carbocycles. The molecule has 1 aromatic heterocycles. The van der Waals surface area contributed by atoms with Crippen LogP contribution in [-0.4, -0.2) is 13.0 Å². The summed E-state index contributed by atoms with van der Waals surface area (Å²) in [7, 11) is 1.57. The number of ether oxygens (including phenoxy) is 1. The molecule has 0 radical (unpaired) electrons. The van der Waals surface area contributed by atoms with Gasteiger partial charge >= 0.3 is 0 Å². The van der Waals surface area contributed by atoms with Gasteiger partial charge in [0.1, 0.15) is 17.3 Å². The lowest BCUT2D eigenvalue weighted by Crippen LogP contribution is -2.09. The molecule has 0 atom stereocenters. The number of amides is 1. The van der Waals surface area contributed by atoms with Crippen LogP contribution in [0.1, 0.15) is 17.1 Å². The number of carbonyl (C=O) groups excluding carboxylic acids is 1. The quantitative estimate of drug-likeness (QED) is 0.865. The molecule has 0 unspecified atom stereocenters. The topological polar surface area (TPSA) is 51.5 Å². The van der Waals surface area contributed by atoms with Crippen LogP contribution in [0.5, 0.6) is 5.75 Å². The number of anilines is 1. The Hall–Kier alpha value is -2.49. The third-order valence-electron chi connectivity index (χ3n) is 2.77. The molecule has 20 heavy (non-hydrogen) atoms. The van der Waals surface area contributed by atoms with Crippen molar-refractivity contribution in [2.75, 3.05) is 12.4 Å². The Bertz CT molecular complexity index is 641. The zero-order valence-corrected chi connectivity index (χ0v) is 11.8. The summed E-state index contributed by atoms with van der Waals surface area (Å²) in [5.41, 5.74) is 1.70. The Morgan fingerprint density at radius 2 is 2.05 bits per heavy atom. The van der Waals surface area contributed by atoms with E-state index in [1.165, 1.54) is 6.08 Å². The Morgan fingerprint density at radius 1 is 1.25 bits per heavy atom. The van der Waals surface area contributed by atoms with Crippen molar-refractivity contribution in [2.24, 2.45) is 0 Å². The zero-order valence-electron chi connectivity index (χ0n) is 11.8. The van der Waals surface area contributed by atoms with Gasteiger partial charge in [-0.2, -0.15) is 0 Å². The standard InChI is InChI=1S/C16H17NO3/c1-11-4-8-15(19-3)14(10-11)17-16(18)9-7-13-6-5-12(2)20-13/h4-10H,1-3H3,(H,17,18)/b9-7+. The largest absolute Gasteiger partial charge is 0.495 e. The van der Waals surface area contributed by atoms with E-state index in [1.807, 2.05) is 44.2 Å². The lowest BCUT2D eigenvalue weighted by molar-refractivity contribution is -0.111. The van der Waals surface area contributed by atoms with Gasteiger partial charge in [-0.15, -0.1) is 0 Å². The van der Waals surface area contributed by atoms with E-state index in [-0.39, 0.29) is 5.91 Å². The van der Waals surface area contributed by atoms with Gasteiger partial charge in [0.2, 0.25) is 5.91 Å². The van der Waals surface area contributed by atoms with E-state index in [2.05, 4.69) is 5.32 Å². The van der Waals surface area contributed by atoms with E-state index >= 15 is 0 Å². The molecule has 0 spiro atoms. The number of carbonyl (C=O) groups is 1. The molecular formula is C16H17NO3. The monoisotopic (exact) mass is 271 g/mol. The summed E-state index contributed by atoms with van der Waals surface area (Å²) in [6.45, 7) is 3.81. The van der Waals surface area contributed by atoms with E-state index in [1.54, 1.807) is 13.2 Å². The number of benzene rings is 1. The predicted molar refractivity (Wildman–Crippen MR) is 78.8 cm³/mol. The maximum atomic E-state index is 11.9. The maximum Gasteiger partial charge on any atom is 0.248 e. The van der Waals surface area contributed by atoms with Gasteiger partial charge < -0.3 is 14.5 Å². The second-order valence-electron chi connectivity index (χ2n) is 4.47. The number of nitrogens with one attached hydrogen (secondary N) is 1. The van der Waals surface area contributed by atoms with Gasteiger partial charge in [-0.1, -0.05) is 6.07 Å². The van der Waals surface area contributed by atoms with Crippen molar-refractivity contribution in [1.29, 1.82) is 0 Å². The Kier molecular flexibility index (Phi) is 4.25. The zero-order chi connectivity index (χ0) is 14.5. The molecule has 1 aromatic carbocycles. The Balaban J connectivity index is 2.08. The summed E-state index contributed by atoms with van der Waals surface area (Å²) < 4.78 is 10.6. The maximum absolute atomic E-state index is 11.9. The minimum atomic E-state index is -0.233. The summed E-state index contributed by atoms with van der Waals surface area (Å²) in [5, 5.41) is 2.79. The first-order valence-corrected chi connectivity index (χ1v) is 6.28.